The molecule has 0 radical (unpaired) electrons. The molecule has 0 bridgehead atoms. The second-order valence-corrected chi connectivity index (χ2v) is 8.28. The Morgan fingerprint density at radius 2 is 2.00 bits per heavy atom. The van der Waals surface area contributed by atoms with E-state index < -0.39 is 0 Å². The zero-order valence-corrected chi connectivity index (χ0v) is 17.2. The highest BCUT2D eigenvalue weighted by Gasteiger charge is 2.32. The Hall–Kier alpha value is -2.10. The maximum Gasteiger partial charge on any atom is 0.248 e. The maximum atomic E-state index is 12.5. The van der Waals surface area contributed by atoms with Crippen molar-refractivity contribution in [3.8, 4) is 0 Å². The zero-order chi connectivity index (χ0) is 19.6. The van der Waals surface area contributed by atoms with E-state index in [0.29, 0.717) is 5.02 Å². The fraction of sp³-hybridized carbons (Fsp3) is 0.348. The fourth-order valence-corrected chi connectivity index (χ4v) is 4.26. The van der Waals surface area contributed by atoms with Gasteiger partial charge >= 0.3 is 0 Å². The van der Waals surface area contributed by atoms with Gasteiger partial charge in [-0.25, -0.2) is 0 Å². The Bertz CT molecular complexity index is 886. The summed E-state index contributed by atoms with van der Waals surface area (Å²) in [5.41, 5.74) is 5.81. The van der Waals surface area contributed by atoms with Crippen molar-refractivity contribution in [2.75, 3.05) is 18.9 Å². The van der Waals surface area contributed by atoms with Gasteiger partial charge in [-0.05, 0) is 53.9 Å². The van der Waals surface area contributed by atoms with Crippen LogP contribution in [0.3, 0.4) is 0 Å². The molecule has 2 aromatic rings. The highest BCUT2D eigenvalue weighted by molar-refractivity contribution is 6.32. The van der Waals surface area contributed by atoms with E-state index in [1.54, 1.807) is 6.08 Å². The first-order valence-electron chi connectivity index (χ1n) is 9.39. The number of likely N-dealkylation sites (N-methyl/N-ethyl adjacent to an activating group) is 1. The summed E-state index contributed by atoms with van der Waals surface area (Å²) in [7, 11) is 2.15. The van der Waals surface area contributed by atoms with Crippen molar-refractivity contribution in [2.45, 2.75) is 39.2 Å². The van der Waals surface area contributed by atoms with Crippen LogP contribution < -0.4 is 5.32 Å². The average molecular weight is 383 g/mol. The minimum absolute atomic E-state index is 0.110. The number of halogens is 1. The third-order valence-corrected chi connectivity index (χ3v) is 5.53. The lowest BCUT2D eigenvalue weighted by Crippen LogP contribution is -2.40. The van der Waals surface area contributed by atoms with E-state index in [1.165, 1.54) is 22.8 Å². The van der Waals surface area contributed by atoms with Crippen LogP contribution in [-0.4, -0.2) is 24.4 Å². The van der Waals surface area contributed by atoms with Crippen LogP contribution in [0.4, 0.5) is 5.69 Å². The van der Waals surface area contributed by atoms with Crippen molar-refractivity contribution < 1.29 is 4.79 Å². The average Bonchev–Trinajstić information content (AvgIpc) is 2.60. The molecule has 142 valence electrons. The predicted molar refractivity (Wildman–Crippen MR) is 114 cm³/mol. The molecule has 1 aliphatic rings. The van der Waals surface area contributed by atoms with Gasteiger partial charge in [-0.3, -0.25) is 4.79 Å². The predicted octanol–water partition coefficient (Wildman–Crippen LogP) is 5.28. The number of hydrogen-bond donors (Lipinski definition) is 1. The molecule has 3 rings (SSSR count). The Morgan fingerprint density at radius 1 is 1.26 bits per heavy atom. The summed E-state index contributed by atoms with van der Waals surface area (Å²) in [5.74, 6) is -0.145. The third kappa shape index (κ3) is 4.26. The Morgan fingerprint density at radius 3 is 2.70 bits per heavy atom. The monoisotopic (exact) mass is 382 g/mol. The van der Waals surface area contributed by atoms with Gasteiger partial charge in [0.05, 0.1) is 0 Å². The molecule has 1 N–H and O–H groups in total. The molecule has 4 heteroatoms. The van der Waals surface area contributed by atoms with E-state index in [-0.39, 0.29) is 11.3 Å². The summed E-state index contributed by atoms with van der Waals surface area (Å²) < 4.78 is 0. The molecule has 1 aliphatic heterocycles. The number of carbonyl (C=O) groups excluding carboxylic acids is 1. The summed E-state index contributed by atoms with van der Waals surface area (Å²) in [6.45, 7) is 8.67. The summed E-state index contributed by atoms with van der Waals surface area (Å²) in [6, 6.07) is 11.7. The van der Waals surface area contributed by atoms with Gasteiger partial charge in [0.2, 0.25) is 5.91 Å². The lowest BCUT2D eigenvalue weighted by Gasteiger charge is -2.39. The summed E-state index contributed by atoms with van der Waals surface area (Å²) >= 11 is 6.15. The minimum Gasteiger partial charge on any atom is -0.322 e. The van der Waals surface area contributed by atoms with Crippen LogP contribution in [0.25, 0.3) is 6.08 Å². The van der Waals surface area contributed by atoms with E-state index >= 15 is 0 Å². The number of amides is 1. The third-order valence-electron chi connectivity index (χ3n) is 5.18. The molecule has 0 aliphatic carbocycles. The highest BCUT2D eigenvalue weighted by Crippen LogP contribution is 2.37. The molecule has 0 aromatic heterocycles. The molecular formula is C23H27ClN2O. The van der Waals surface area contributed by atoms with Crippen LogP contribution in [-0.2, 0) is 23.2 Å². The quantitative estimate of drug-likeness (QED) is 0.730. The number of rotatable bonds is 4. The zero-order valence-electron chi connectivity index (χ0n) is 16.5. The molecule has 0 saturated carbocycles. The standard InChI is InChI=1S/C23H27ClN2O/c1-5-17-18-14-26(4)15-23(2,3)19(18)11-12-21(17)25-22(27)13-10-16-8-6-7-9-20(16)24/h6-13H,5,14-15H2,1-4H3,(H,25,27)/b13-10+. The number of fused-ring (bicyclic) bond motifs is 1. The molecule has 0 saturated heterocycles. The van der Waals surface area contributed by atoms with Crippen LogP contribution in [0.5, 0.6) is 0 Å². The van der Waals surface area contributed by atoms with E-state index in [4.69, 9.17) is 11.6 Å². The largest absolute Gasteiger partial charge is 0.322 e. The SMILES string of the molecule is CCc1c(NC(=O)/C=C/c2ccccc2Cl)ccc2c1CN(C)CC2(C)C. The molecule has 1 heterocycles. The highest BCUT2D eigenvalue weighted by atomic mass is 35.5. The van der Waals surface area contributed by atoms with Crippen LogP contribution in [0, 0.1) is 0 Å². The van der Waals surface area contributed by atoms with Gasteiger partial charge in [0.25, 0.3) is 0 Å². The number of hydrogen-bond acceptors (Lipinski definition) is 2. The van der Waals surface area contributed by atoms with E-state index in [2.05, 4.69) is 44.1 Å². The summed E-state index contributed by atoms with van der Waals surface area (Å²) in [5, 5.41) is 3.69. The van der Waals surface area contributed by atoms with Gasteiger partial charge in [0, 0.05) is 35.3 Å². The molecule has 2 aromatic carbocycles. The molecular weight excluding hydrogens is 356 g/mol. The Balaban J connectivity index is 1.86. The van der Waals surface area contributed by atoms with E-state index in [0.717, 1.165) is 30.8 Å². The molecule has 0 unspecified atom stereocenters. The molecule has 0 atom stereocenters. The van der Waals surface area contributed by atoms with Gasteiger partial charge in [0.15, 0.2) is 0 Å². The topological polar surface area (TPSA) is 32.3 Å². The van der Waals surface area contributed by atoms with Gasteiger partial charge in [-0.1, -0.05) is 56.6 Å². The van der Waals surface area contributed by atoms with E-state index in [1.807, 2.05) is 30.3 Å². The van der Waals surface area contributed by atoms with Gasteiger partial charge in [-0.15, -0.1) is 0 Å². The summed E-state index contributed by atoms with van der Waals surface area (Å²) in [4.78, 5) is 14.8. The van der Waals surface area contributed by atoms with Crippen LogP contribution in [0.15, 0.2) is 42.5 Å². The van der Waals surface area contributed by atoms with Crippen molar-refractivity contribution in [2.24, 2.45) is 0 Å². The lowest BCUT2D eigenvalue weighted by molar-refractivity contribution is -0.111. The number of anilines is 1. The molecule has 1 amide bonds. The first-order chi connectivity index (χ1) is 12.8. The summed E-state index contributed by atoms with van der Waals surface area (Å²) in [6.07, 6.45) is 4.17. The van der Waals surface area contributed by atoms with Crippen LogP contribution in [0.1, 0.15) is 43.0 Å². The Labute approximate surface area is 167 Å². The number of benzene rings is 2. The first kappa shape index (κ1) is 19.7. The second-order valence-electron chi connectivity index (χ2n) is 7.87. The maximum absolute atomic E-state index is 12.5. The smallest absolute Gasteiger partial charge is 0.248 e. The number of nitrogens with one attached hydrogen (secondary N) is 1. The molecule has 3 nitrogen and oxygen atoms in total. The van der Waals surface area contributed by atoms with Crippen LogP contribution >= 0.6 is 11.6 Å². The number of nitrogens with zero attached hydrogens (tertiary/aromatic N) is 1. The fourth-order valence-electron chi connectivity index (χ4n) is 4.06. The van der Waals surface area contributed by atoms with Crippen molar-refractivity contribution in [3.05, 3.63) is 69.8 Å². The lowest BCUT2D eigenvalue weighted by atomic mass is 9.76. The molecule has 0 fully saturated rings. The van der Waals surface area contributed by atoms with Gasteiger partial charge in [-0.2, -0.15) is 0 Å². The molecule has 0 spiro atoms. The first-order valence-corrected chi connectivity index (χ1v) is 9.77. The van der Waals surface area contributed by atoms with Crippen molar-refractivity contribution in [1.82, 2.24) is 4.90 Å². The van der Waals surface area contributed by atoms with Crippen molar-refractivity contribution in [3.63, 3.8) is 0 Å². The number of carbonyl (C=O) groups is 1. The minimum atomic E-state index is -0.145. The molecule has 27 heavy (non-hydrogen) atoms. The van der Waals surface area contributed by atoms with Crippen molar-refractivity contribution in [1.29, 1.82) is 0 Å². The van der Waals surface area contributed by atoms with Crippen molar-refractivity contribution >= 4 is 29.3 Å². The van der Waals surface area contributed by atoms with Gasteiger partial charge in [0.1, 0.15) is 0 Å². The Kier molecular flexibility index (Phi) is 5.73. The van der Waals surface area contributed by atoms with E-state index in [9.17, 15) is 4.79 Å². The van der Waals surface area contributed by atoms with Gasteiger partial charge < -0.3 is 10.2 Å². The normalized spacial score (nSPS) is 16.3. The second kappa shape index (κ2) is 7.87. The van der Waals surface area contributed by atoms with Crippen LogP contribution in [0.2, 0.25) is 5.02 Å².